The van der Waals surface area contributed by atoms with Crippen molar-refractivity contribution in [2.45, 2.75) is 38.1 Å². The third kappa shape index (κ3) is 3.01. The highest BCUT2D eigenvalue weighted by atomic mass is 32.2. The molecule has 5 heteroatoms. The second-order valence-corrected chi connectivity index (χ2v) is 5.39. The molecule has 2 atom stereocenters. The lowest BCUT2D eigenvalue weighted by Gasteiger charge is -2.15. The van der Waals surface area contributed by atoms with E-state index in [2.05, 4.69) is 33.7 Å². The van der Waals surface area contributed by atoms with Crippen molar-refractivity contribution < 1.29 is 0 Å². The quantitative estimate of drug-likeness (QED) is 0.869. The standard InChI is InChI=1S/C11H18N4S/c1-3-10-6-13-11(16-10)14-9(2)7-15-5-4-12-8-15/h4-5,8-10H,3,6-7H2,1-2H3,(H,13,14). The van der Waals surface area contributed by atoms with Crippen LogP contribution in [0.4, 0.5) is 0 Å². The van der Waals surface area contributed by atoms with E-state index in [-0.39, 0.29) is 0 Å². The Bertz CT molecular complexity index is 347. The number of nitrogens with one attached hydrogen (secondary N) is 1. The number of hydrogen-bond donors (Lipinski definition) is 1. The number of hydrogen-bond acceptors (Lipinski definition) is 4. The van der Waals surface area contributed by atoms with E-state index in [0.29, 0.717) is 11.3 Å². The zero-order valence-electron chi connectivity index (χ0n) is 9.76. The van der Waals surface area contributed by atoms with Crippen LogP contribution in [-0.2, 0) is 6.54 Å². The molecule has 0 bridgehead atoms. The minimum atomic E-state index is 0.385. The van der Waals surface area contributed by atoms with E-state index in [9.17, 15) is 0 Å². The number of rotatable bonds is 4. The number of nitrogens with zero attached hydrogens (tertiary/aromatic N) is 3. The van der Waals surface area contributed by atoms with Gasteiger partial charge in [-0.05, 0) is 13.3 Å². The van der Waals surface area contributed by atoms with Gasteiger partial charge in [0.25, 0.3) is 0 Å². The third-order valence-corrected chi connectivity index (χ3v) is 3.87. The molecule has 0 saturated carbocycles. The Hall–Kier alpha value is -0.970. The van der Waals surface area contributed by atoms with E-state index < -0.39 is 0 Å². The zero-order valence-corrected chi connectivity index (χ0v) is 10.6. The van der Waals surface area contributed by atoms with Crippen LogP contribution in [0.15, 0.2) is 23.7 Å². The van der Waals surface area contributed by atoms with E-state index in [4.69, 9.17) is 0 Å². The highest BCUT2D eigenvalue weighted by Gasteiger charge is 2.18. The summed E-state index contributed by atoms with van der Waals surface area (Å²) in [6.07, 6.45) is 6.82. The summed E-state index contributed by atoms with van der Waals surface area (Å²) in [7, 11) is 0. The first-order valence-electron chi connectivity index (χ1n) is 5.71. The van der Waals surface area contributed by atoms with Gasteiger partial charge in [-0.1, -0.05) is 18.7 Å². The average molecular weight is 238 g/mol. The average Bonchev–Trinajstić information content (AvgIpc) is 2.89. The van der Waals surface area contributed by atoms with E-state index in [1.54, 1.807) is 0 Å². The lowest BCUT2D eigenvalue weighted by molar-refractivity contribution is 0.548. The largest absolute Gasteiger partial charge is 0.361 e. The van der Waals surface area contributed by atoms with Crippen molar-refractivity contribution in [1.29, 1.82) is 0 Å². The normalized spacial score (nSPS) is 21.9. The van der Waals surface area contributed by atoms with Gasteiger partial charge < -0.3 is 9.88 Å². The lowest BCUT2D eigenvalue weighted by Crippen LogP contribution is -2.33. The van der Waals surface area contributed by atoms with Crippen LogP contribution in [0, 0.1) is 0 Å². The fraction of sp³-hybridized carbons (Fsp3) is 0.636. The fourth-order valence-corrected chi connectivity index (χ4v) is 2.73. The molecule has 4 nitrogen and oxygen atoms in total. The van der Waals surface area contributed by atoms with E-state index in [1.807, 2.05) is 30.5 Å². The van der Waals surface area contributed by atoms with Crippen LogP contribution in [0.3, 0.4) is 0 Å². The minimum absolute atomic E-state index is 0.385. The van der Waals surface area contributed by atoms with Gasteiger partial charge >= 0.3 is 0 Å². The second-order valence-electron chi connectivity index (χ2n) is 4.10. The molecule has 0 aliphatic carbocycles. The molecule has 1 aromatic heterocycles. The van der Waals surface area contributed by atoms with Gasteiger partial charge in [-0.25, -0.2) is 4.98 Å². The number of aromatic nitrogens is 2. The monoisotopic (exact) mass is 238 g/mol. The highest BCUT2D eigenvalue weighted by Crippen LogP contribution is 2.22. The maximum absolute atomic E-state index is 4.50. The third-order valence-electron chi connectivity index (χ3n) is 2.59. The van der Waals surface area contributed by atoms with Gasteiger partial charge in [0.05, 0.1) is 12.9 Å². The zero-order chi connectivity index (χ0) is 11.4. The Morgan fingerprint density at radius 2 is 2.56 bits per heavy atom. The van der Waals surface area contributed by atoms with Crippen molar-refractivity contribution in [3.63, 3.8) is 0 Å². The molecule has 1 aliphatic heterocycles. The van der Waals surface area contributed by atoms with Crippen LogP contribution in [0.2, 0.25) is 0 Å². The molecule has 2 heterocycles. The molecule has 1 N–H and O–H groups in total. The summed E-state index contributed by atoms with van der Waals surface area (Å²) in [4.78, 5) is 8.53. The summed E-state index contributed by atoms with van der Waals surface area (Å²) < 4.78 is 2.08. The van der Waals surface area contributed by atoms with Crippen LogP contribution in [0.1, 0.15) is 20.3 Å². The first-order valence-corrected chi connectivity index (χ1v) is 6.59. The lowest BCUT2D eigenvalue weighted by atomic mass is 10.3. The molecule has 1 aliphatic rings. The molecular formula is C11H18N4S. The summed E-state index contributed by atoms with van der Waals surface area (Å²) in [6, 6.07) is 0.385. The van der Waals surface area contributed by atoms with Crippen LogP contribution < -0.4 is 5.32 Å². The molecule has 0 fully saturated rings. The predicted octanol–water partition coefficient (Wildman–Crippen LogP) is 1.74. The second kappa shape index (κ2) is 5.39. The predicted molar refractivity (Wildman–Crippen MR) is 68.8 cm³/mol. The number of imidazole rings is 1. The smallest absolute Gasteiger partial charge is 0.157 e. The van der Waals surface area contributed by atoms with E-state index in [1.165, 1.54) is 6.42 Å². The Balaban J connectivity index is 1.78. The Kier molecular flexibility index (Phi) is 3.88. The minimum Gasteiger partial charge on any atom is -0.361 e. The SMILES string of the molecule is CCC1CN=C(NC(C)Cn2ccnc2)S1. The Labute approximate surface area is 101 Å². The fourth-order valence-electron chi connectivity index (χ4n) is 1.68. The first kappa shape index (κ1) is 11.5. The maximum atomic E-state index is 4.50. The van der Waals surface area contributed by atoms with Crippen LogP contribution in [0.25, 0.3) is 0 Å². The molecule has 0 spiro atoms. The van der Waals surface area contributed by atoms with E-state index in [0.717, 1.165) is 18.3 Å². The molecule has 16 heavy (non-hydrogen) atoms. The van der Waals surface area contributed by atoms with Crippen molar-refractivity contribution in [1.82, 2.24) is 14.9 Å². The summed E-state index contributed by atoms with van der Waals surface area (Å²) in [5, 5.41) is 5.21. The summed E-state index contributed by atoms with van der Waals surface area (Å²) in [5.41, 5.74) is 0. The van der Waals surface area contributed by atoms with Gasteiger partial charge in [0.15, 0.2) is 5.17 Å². The molecule has 2 unspecified atom stereocenters. The molecule has 1 aromatic rings. The van der Waals surface area contributed by atoms with Gasteiger partial charge in [-0.15, -0.1) is 0 Å². The maximum Gasteiger partial charge on any atom is 0.157 e. The molecule has 0 radical (unpaired) electrons. The van der Waals surface area contributed by atoms with Crippen molar-refractivity contribution >= 4 is 16.9 Å². The van der Waals surface area contributed by atoms with Gasteiger partial charge in [0, 0.05) is 30.2 Å². The summed E-state index contributed by atoms with van der Waals surface area (Å²) in [6.45, 7) is 6.27. The molecule has 2 rings (SSSR count). The van der Waals surface area contributed by atoms with Gasteiger partial charge in [-0.3, -0.25) is 4.99 Å². The summed E-state index contributed by atoms with van der Waals surface area (Å²) in [5.74, 6) is 0. The molecule has 88 valence electrons. The molecule has 0 aromatic carbocycles. The molecular weight excluding hydrogens is 220 g/mol. The van der Waals surface area contributed by atoms with Crippen LogP contribution in [-0.4, -0.2) is 32.6 Å². The van der Waals surface area contributed by atoms with Crippen LogP contribution in [0.5, 0.6) is 0 Å². The van der Waals surface area contributed by atoms with E-state index >= 15 is 0 Å². The number of thioether (sulfide) groups is 1. The van der Waals surface area contributed by atoms with Gasteiger partial charge in [0.2, 0.25) is 0 Å². The highest BCUT2D eigenvalue weighted by molar-refractivity contribution is 8.14. The van der Waals surface area contributed by atoms with Crippen molar-refractivity contribution in [2.75, 3.05) is 6.54 Å². The number of amidine groups is 1. The van der Waals surface area contributed by atoms with Gasteiger partial charge in [-0.2, -0.15) is 0 Å². The molecule has 0 saturated heterocycles. The van der Waals surface area contributed by atoms with Crippen molar-refractivity contribution in [3.8, 4) is 0 Å². The van der Waals surface area contributed by atoms with Crippen molar-refractivity contribution in [2.24, 2.45) is 4.99 Å². The Morgan fingerprint density at radius 1 is 1.69 bits per heavy atom. The number of aliphatic imine (C=N–C) groups is 1. The topological polar surface area (TPSA) is 42.2 Å². The first-order chi connectivity index (χ1) is 7.78. The Morgan fingerprint density at radius 3 is 3.19 bits per heavy atom. The van der Waals surface area contributed by atoms with Crippen molar-refractivity contribution in [3.05, 3.63) is 18.7 Å². The van der Waals surface area contributed by atoms with Gasteiger partial charge in [0.1, 0.15) is 0 Å². The summed E-state index contributed by atoms with van der Waals surface area (Å²) >= 11 is 1.87. The molecule has 0 amide bonds. The van der Waals surface area contributed by atoms with Crippen LogP contribution >= 0.6 is 11.8 Å².